The lowest BCUT2D eigenvalue weighted by Crippen LogP contribution is -2.27. The number of esters is 2. The van der Waals surface area contributed by atoms with Crippen molar-refractivity contribution in [3.8, 4) is 28.7 Å². The molecule has 0 heterocycles. The van der Waals surface area contributed by atoms with E-state index in [0.29, 0.717) is 17.9 Å². The summed E-state index contributed by atoms with van der Waals surface area (Å²) in [5, 5.41) is 9.25. The van der Waals surface area contributed by atoms with Crippen molar-refractivity contribution in [2.45, 2.75) is 27.2 Å². The van der Waals surface area contributed by atoms with Gasteiger partial charge in [-0.15, -0.1) is 0 Å². The van der Waals surface area contributed by atoms with Crippen molar-refractivity contribution in [1.29, 1.82) is 5.26 Å². The van der Waals surface area contributed by atoms with Gasteiger partial charge in [-0.05, 0) is 67.3 Å². The number of rotatable bonds is 12. The lowest BCUT2D eigenvalue weighted by Gasteiger charge is -2.20. The first-order valence-corrected chi connectivity index (χ1v) is 12.5. The number of ether oxygens (including phenoxy) is 4. The quantitative estimate of drug-likeness (QED) is 0.0852. The van der Waals surface area contributed by atoms with Crippen molar-refractivity contribution >= 4 is 18.0 Å². The highest BCUT2D eigenvalue weighted by atomic mass is 16.7. The van der Waals surface area contributed by atoms with Crippen LogP contribution in [0, 0.1) is 16.7 Å². The number of nitriles is 1. The van der Waals surface area contributed by atoms with Gasteiger partial charge in [-0.1, -0.05) is 73.7 Å². The third-order valence-electron chi connectivity index (χ3n) is 6.00. The molecule has 7 nitrogen and oxygen atoms in total. The third kappa shape index (κ3) is 8.90. The number of carbonyl (C=O) groups is 2. The Labute approximate surface area is 228 Å². The van der Waals surface area contributed by atoms with Gasteiger partial charge in [-0.2, -0.15) is 5.26 Å². The largest absolute Gasteiger partial charge is 0.457 e. The van der Waals surface area contributed by atoms with E-state index >= 15 is 0 Å². The summed E-state index contributed by atoms with van der Waals surface area (Å²) >= 11 is 0. The van der Waals surface area contributed by atoms with Crippen molar-refractivity contribution in [2.75, 3.05) is 13.6 Å². The summed E-state index contributed by atoms with van der Waals surface area (Å²) in [6.07, 6.45) is 5.49. The molecule has 200 valence electrons. The summed E-state index contributed by atoms with van der Waals surface area (Å²) in [6, 6.07) is 26.0. The molecule has 0 amide bonds. The van der Waals surface area contributed by atoms with Crippen LogP contribution in [0.1, 0.15) is 32.8 Å². The third-order valence-corrected chi connectivity index (χ3v) is 6.00. The van der Waals surface area contributed by atoms with Crippen LogP contribution in [0.2, 0.25) is 0 Å². The van der Waals surface area contributed by atoms with E-state index in [2.05, 4.69) is 0 Å². The Morgan fingerprint density at radius 2 is 1.36 bits per heavy atom. The monoisotopic (exact) mass is 525 g/mol. The van der Waals surface area contributed by atoms with Crippen LogP contribution in [0.25, 0.3) is 17.2 Å². The van der Waals surface area contributed by atoms with E-state index in [0.717, 1.165) is 16.7 Å². The Hall–Kier alpha value is -4.83. The Balaban J connectivity index is 1.45. The van der Waals surface area contributed by atoms with E-state index in [1.807, 2.05) is 81.4 Å². The first kappa shape index (κ1) is 28.7. The van der Waals surface area contributed by atoms with Crippen LogP contribution in [-0.4, -0.2) is 25.5 Å². The molecule has 0 aliphatic rings. The maximum atomic E-state index is 12.2. The summed E-state index contributed by atoms with van der Waals surface area (Å²) < 4.78 is 21.3. The fourth-order valence-corrected chi connectivity index (χ4v) is 3.18. The van der Waals surface area contributed by atoms with E-state index in [1.54, 1.807) is 36.4 Å². The number of benzene rings is 3. The molecule has 39 heavy (non-hydrogen) atoms. The zero-order chi connectivity index (χ0) is 28.1. The molecule has 0 unspecified atom stereocenters. The number of allylic oxidation sites excluding steroid dienone is 2. The molecule has 3 aromatic rings. The predicted octanol–water partition coefficient (Wildman–Crippen LogP) is 6.71. The molecule has 0 saturated carbocycles. The van der Waals surface area contributed by atoms with Crippen LogP contribution >= 0.6 is 0 Å². The summed E-state index contributed by atoms with van der Waals surface area (Å²) in [5.74, 6) is 0.0355. The van der Waals surface area contributed by atoms with E-state index in [-0.39, 0.29) is 25.1 Å². The van der Waals surface area contributed by atoms with Crippen LogP contribution < -0.4 is 9.47 Å². The van der Waals surface area contributed by atoms with Crippen LogP contribution in [0.3, 0.4) is 0 Å². The second-order valence-corrected chi connectivity index (χ2v) is 9.14. The molecule has 0 aliphatic carbocycles. The molecular weight excluding hydrogens is 494 g/mol. The summed E-state index contributed by atoms with van der Waals surface area (Å²) in [6.45, 7) is 5.13. The fraction of sp³-hybridized carbons (Fsp3) is 0.219. The standard InChI is InChI=1S/C32H31NO6/c1-4-32(2,3)31(35)39-23-37-29-19-15-26(16-20-29)25-13-17-28(18-14-25)36-22-38-30(34)27(21-33)12-8-11-24-9-6-5-7-10-24/h5-20H,4,22-23H2,1-3H3. The van der Waals surface area contributed by atoms with Crippen molar-refractivity contribution in [3.63, 3.8) is 0 Å². The topological polar surface area (TPSA) is 94.8 Å². The summed E-state index contributed by atoms with van der Waals surface area (Å²) in [7, 11) is 0. The Morgan fingerprint density at radius 1 is 0.821 bits per heavy atom. The van der Waals surface area contributed by atoms with E-state index in [1.165, 1.54) is 6.08 Å². The van der Waals surface area contributed by atoms with Gasteiger partial charge in [0.15, 0.2) is 0 Å². The van der Waals surface area contributed by atoms with Crippen molar-refractivity contribution in [1.82, 2.24) is 0 Å². The maximum absolute atomic E-state index is 12.2. The van der Waals surface area contributed by atoms with Crippen LogP contribution in [0.15, 0.2) is 96.6 Å². The first-order valence-electron chi connectivity index (χ1n) is 12.5. The molecule has 0 bridgehead atoms. The lowest BCUT2D eigenvalue weighted by molar-refractivity contribution is -0.160. The van der Waals surface area contributed by atoms with E-state index in [4.69, 9.17) is 18.9 Å². The highest BCUT2D eigenvalue weighted by Gasteiger charge is 2.27. The Morgan fingerprint density at radius 3 is 1.87 bits per heavy atom. The zero-order valence-electron chi connectivity index (χ0n) is 22.3. The minimum atomic E-state index is -0.766. The average Bonchev–Trinajstić information content (AvgIpc) is 2.96. The van der Waals surface area contributed by atoms with Crippen molar-refractivity contribution in [2.24, 2.45) is 5.41 Å². The molecule has 0 aromatic heterocycles. The molecule has 0 fully saturated rings. The van der Waals surface area contributed by atoms with Gasteiger partial charge in [-0.3, -0.25) is 4.79 Å². The van der Waals surface area contributed by atoms with Crippen LogP contribution in [0.4, 0.5) is 0 Å². The highest BCUT2D eigenvalue weighted by molar-refractivity contribution is 5.93. The number of carbonyl (C=O) groups excluding carboxylic acids is 2. The predicted molar refractivity (Wildman–Crippen MR) is 148 cm³/mol. The molecular formula is C32H31NO6. The Kier molecular flexibility index (Phi) is 10.5. The smallest absolute Gasteiger partial charge is 0.351 e. The minimum Gasteiger partial charge on any atom is -0.457 e. The van der Waals surface area contributed by atoms with Crippen molar-refractivity contribution in [3.05, 3.63) is 102 Å². The van der Waals surface area contributed by atoms with E-state index in [9.17, 15) is 14.9 Å². The van der Waals surface area contributed by atoms with Gasteiger partial charge >= 0.3 is 11.9 Å². The second-order valence-electron chi connectivity index (χ2n) is 9.14. The normalized spacial score (nSPS) is 11.5. The molecule has 0 atom stereocenters. The van der Waals surface area contributed by atoms with Gasteiger partial charge in [-0.25, -0.2) is 4.79 Å². The van der Waals surface area contributed by atoms with Gasteiger partial charge < -0.3 is 18.9 Å². The average molecular weight is 526 g/mol. The summed E-state index contributed by atoms with van der Waals surface area (Å²) in [4.78, 5) is 24.2. The maximum Gasteiger partial charge on any atom is 0.351 e. The SMILES string of the molecule is CCC(C)(C)C(=O)OCOc1ccc(-c2ccc(OCOC(=O)C(C#N)=CC=Cc3ccccc3)cc2)cc1. The summed E-state index contributed by atoms with van der Waals surface area (Å²) in [5.41, 5.74) is 2.18. The second kappa shape index (κ2) is 14.2. The van der Waals surface area contributed by atoms with Gasteiger partial charge in [0.25, 0.3) is 0 Å². The lowest BCUT2D eigenvalue weighted by atomic mass is 9.91. The first-order chi connectivity index (χ1) is 18.8. The molecule has 7 heteroatoms. The number of nitrogens with zero attached hydrogens (tertiary/aromatic N) is 1. The van der Waals surface area contributed by atoms with Crippen LogP contribution in [0.5, 0.6) is 11.5 Å². The van der Waals surface area contributed by atoms with E-state index < -0.39 is 11.4 Å². The molecule has 0 N–H and O–H groups in total. The zero-order valence-corrected chi connectivity index (χ0v) is 22.3. The fourth-order valence-electron chi connectivity index (χ4n) is 3.18. The molecule has 0 spiro atoms. The van der Waals surface area contributed by atoms with Gasteiger partial charge in [0, 0.05) is 0 Å². The minimum absolute atomic E-state index is 0.128. The van der Waals surface area contributed by atoms with Crippen molar-refractivity contribution < 1.29 is 28.5 Å². The van der Waals surface area contributed by atoms with Gasteiger partial charge in [0.05, 0.1) is 5.41 Å². The van der Waals surface area contributed by atoms with Gasteiger partial charge in [0.2, 0.25) is 13.6 Å². The van der Waals surface area contributed by atoms with Crippen LogP contribution in [-0.2, 0) is 19.1 Å². The molecule has 3 aromatic carbocycles. The number of hydrogen-bond acceptors (Lipinski definition) is 7. The molecule has 0 aliphatic heterocycles. The Bertz CT molecular complexity index is 1330. The van der Waals surface area contributed by atoms with Gasteiger partial charge in [0.1, 0.15) is 23.1 Å². The number of hydrogen-bond donors (Lipinski definition) is 0. The molecule has 0 saturated heterocycles. The molecule has 0 radical (unpaired) electrons. The highest BCUT2D eigenvalue weighted by Crippen LogP contribution is 2.25. The molecule has 3 rings (SSSR count).